The van der Waals surface area contributed by atoms with Crippen LogP contribution in [-0.2, 0) is 18.8 Å². The topological polar surface area (TPSA) is 174 Å². The number of aliphatic hydroxyl groups is 2. The minimum absolute atomic E-state index is 0.0417. The van der Waals surface area contributed by atoms with Crippen LogP contribution in [0.15, 0.2) is 12.2 Å². The second-order valence-corrected chi connectivity index (χ2v) is 4.30. The Morgan fingerprint density at radius 1 is 1.00 bits per heavy atom. The number of ether oxygens (including phenoxy) is 2. The van der Waals surface area contributed by atoms with Crippen LogP contribution in [0.4, 0.5) is 0 Å². The van der Waals surface area contributed by atoms with Gasteiger partial charge in [-0.3, -0.25) is 0 Å². The number of carboxylic acids is 1. The first-order valence-electron chi connectivity index (χ1n) is 5.60. The molecule has 128 valence electrons. The molecular weight excluding hydrogens is 311 g/mol. The van der Waals surface area contributed by atoms with Gasteiger partial charge in [0, 0.05) is 5.57 Å². The van der Waals surface area contributed by atoms with E-state index in [-0.39, 0.29) is 18.8 Å². The number of phosphoric acid groups is 1. The summed E-state index contributed by atoms with van der Waals surface area (Å²) >= 11 is 0. The highest BCUT2D eigenvalue weighted by Crippen LogP contribution is 2.25. The smallest absolute Gasteiger partial charge is 0.466 e. The summed E-state index contributed by atoms with van der Waals surface area (Å²) in [5, 5.41) is 24.4. The van der Waals surface area contributed by atoms with Crippen molar-refractivity contribution in [1.29, 1.82) is 0 Å². The van der Waals surface area contributed by atoms with E-state index in [1.54, 1.807) is 0 Å². The predicted octanol–water partition coefficient (Wildman–Crippen LogP) is -1.28. The van der Waals surface area contributed by atoms with Gasteiger partial charge >= 0.3 is 13.8 Å². The molecular formula is C10H23O10P. The van der Waals surface area contributed by atoms with Gasteiger partial charge in [0.2, 0.25) is 0 Å². The van der Waals surface area contributed by atoms with Crippen molar-refractivity contribution in [3.63, 3.8) is 0 Å². The van der Waals surface area contributed by atoms with E-state index in [9.17, 15) is 4.79 Å². The molecule has 0 aromatic carbocycles. The molecule has 0 aliphatic rings. The van der Waals surface area contributed by atoms with Gasteiger partial charge in [0.05, 0.1) is 39.6 Å². The highest BCUT2D eigenvalue weighted by Gasteiger charge is 2.00. The summed E-state index contributed by atoms with van der Waals surface area (Å²) in [7, 11) is -4.64. The average molecular weight is 334 g/mol. The second-order valence-electron chi connectivity index (χ2n) is 3.27. The Bertz CT molecular complexity index is 272. The summed E-state index contributed by atoms with van der Waals surface area (Å²) in [6.45, 7) is 6.33. The molecule has 21 heavy (non-hydrogen) atoms. The molecule has 0 aliphatic heterocycles. The summed E-state index contributed by atoms with van der Waals surface area (Å²) in [6.07, 6.45) is 0. The predicted molar refractivity (Wildman–Crippen MR) is 72.5 cm³/mol. The normalized spacial score (nSPS) is 9.81. The van der Waals surface area contributed by atoms with Crippen LogP contribution in [0.1, 0.15) is 6.92 Å². The molecule has 0 aliphatic carbocycles. The zero-order valence-electron chi connectivity index (χ0n) is 11.7. The standard InChI is InChI=1S/C6H14O4.C4H6O2.H3O4P/c7-1-3-9-5-6-10-4-2-8;1-3(2)4(5)6;1-5(2,3)4/h7-8H,1-6H2;1H2,2H3,(H,5,6);(H3,1,2,3,4). The molecule has 0 rings (SSSR count). The largest absolute Gasteiger partial charge is 0.478 e. The van der Waals surface area contributed by atoms with E-state index in [0.29, 0.717) is 26.4 Å². The Morgan fingerprint density at radius 3 is 1.38 bits per heavy atom. The highest BCUT2D eigenvalue weighted by atomic mass is 31.2. The highest BCUT2D eigenvalue weighted by molar-refractivity contribution is 7.45. The number of aliphatic hydroxyl groups excluding tert-OH is 2. The monoisotopic (exact) mass is 334 g/mol. The van der Waals surface area contributed by atoms with E-state index < -0.39 is 13.8 Å². The maximum atomic E-state index is 9.60. The van der Waals surface area contributed by atoms with Crippen LogP contribution in [0.25, 0.3) is 0 Å². The van der Waals surface area contributed by atoms with E-state index in [4.69, 9.17) is 44.0 Å². The van der Waals surface area contributed by atoms with Crippen molar-refractivity contribution in [1.82, 2.24) is 0 Å². The Morgan fingerprint density at radius 2 is 1.24 bits per heavy atom. The van der Waals surface area contributed by atoms with Gasteiger partial charge in [-0.25, -0.2) is 9.36 Å². The van der Waals surface area contributed by atoms with Crippen molar-refractivity contribution < 1.29 is 48.8 Å². The quantitative estimate of drug-likeness (QED) is 0.178. The van der Waals surface area contributed by atoms with Gasteiger partial charge in [0.25, 0.3) is 0 Å². The van der Waals surface area contributed by atoms with Crippen molar-refractivity contribution >= 4 is 13.8 Å². The number of carboxylic acid groups (broad SMARTS) is 1. The fraction of sp³-hybridized carbons (Fsp3) is 0.700. The van der Waals surface area contributed by atoms with Gasteiger partial charge in [-0.15, -0.1) is 0 Å². The van der Waals surface area contributed by atoms with Crippen molar-refractivity contribution in [2.75, 3.05) is 39.6 Å². The van der Waals surface area contributed by atoms with Crippen molar-refractivity contribution in [2.24, 2.45) is 0 Å². The maximum absolute atomic E-state index is 9.60. The molecule has 0 bridgehead atoms. The SMILES string of the molecule is C=C(C)C(=O)O.O=P(O)(O)O.OCCOCCOCCO. The fourth-order valence-corrected chi connectivity index (χ4v) is 0.451. The Hall–Kier alpha value is -0.840. The van der Waals surface area contributed by atoms with Crippen LogP contribution in [-0.4, -0.2) is 75.6 Å². The lowest BCUT2D eigenvalue weighted by atomic mass is 10.4. The van der Waals surface area contributed by atoms with E-state index in [2.05, 4.69) is 6.58 Å². The number of rotatable bonds is 8. The summed E-state index contributed by atoms with van der Waals surface area (Å²) in [5.74, 6) is -0.935. The lowest BCUT2D eigenvalue weighted by Gasteiger charge is -2.01. The van der Waals surface area contributed by atoms with E-state index in [1.165, 1.54) is 6.92 Å². The van der Waals surface area contributed by atoms with Crippen molar-refractivity contribution in [3.8, 4) is 0 Å². The van der Waals surface area contributed by atoms with Gasteiger partial charge in [-0.05, 0) is 6.92 Å². The molecule has 0 spiro atoms. The van der Waals surface area contributed by atoms with Crippen molar-refractivity contribution in [2.45, 2.75) is 6.92 Å². The van der Waals surface area contributed by atoms with Gasteiger partial charge in [0.1, 0.15) is 0 Å². The van der Waals surface area contributed by atoms with E-state index in [0.717, 1.165) is 0 Å². The molecule has 0 heterocycles. The number of aliphatic carboxylic acids is 1. The summed E-state index contributed by atoms with van der Waals surface area (Å²) in [6, 6.07) is 0. The number of hydrogen-bond acceptors (Lipinski definition) is 6. The number of carbonyl (C=O) groups is 1. The molecule has 10 nitrogen and oxygen atoms in total. The van der Waals surface area contributed by atoms with Crippen LogP contribution in [0.2, 0.25) is 0 Å². The van der Waals surface area contributed by atoms with Crippen LogP contribution in [0, 0.1) is 0 Å². The number of hydrogen-bond donors (Lipinski definition) is 6. The molecule has 0 unspecified atom stereocenters. The van der Waals surface area contributed by atoms with Crippen LogP contribution in [0.5, 0.6) is 0 Å². The van der Waals surface area contributed by atoms with E-state index in [1.807, 2.05) is 0 Å². The minimum atomic E-state index is -4.64. The Kier molecular flexibility index (Phi) is 20.6. The summed E-state index contributed by atoms with van der Waals surface area (Å²) in [4.78, 5) is 31.2. The van der Waals surface area contributed by atoms with Gasteiger partial charge in [-0.2, -0.15) is 0 Å². The Labute approximate surface area is 122 Å². The van der Waals surface area contributed by atoms with Crippen LogP contribution in [0.3, 0.4) is 0 Å². The molecule has 0 fully saturated rings. The third-order valence-electron chi connectivity index (χ3n) is 1.21. The molecule has 0 aromatic heterocycles. The molecule has 0 aromatic rings. The average Bonchev–Trinajstić information content (AvgIpc) is 2.32. The Balaban J connectivity index is -0.000000252. The summed E-state index contributed by atoms with van der Waals surface area (Å²) in [5.41, 5.74) is 0.176. The zero-order valence-corrected chi connectivity index (χ0v) is 12.6. The molecule has 0 amide bonds. The van der Waals surface area contributed by atoms with E-state index >= 15 is 0 Å². The maximum Gasteiger partial charge on any atom is 0.466 e. The molecule has 0 saturated heterocycles. The lowest BCUT2D eigenvalue weighted by Crippen LogP contribution is -2.09. The van der Waals surface area contributed by atoms with Crippen LogP contribution >= 0.6 is 7.82 Å². The fourth-order valence-electron chi connectivity index (χ4n) is 0.451. The third kappa shape index (κ3) is 54.7. The van der Waals surface area contributed by atoms with Crippen molar-refractivity contribution in [3.05, 3.63) is 12.2 Å². The van der Waals surface area contributed by atoms with Gasteiger partial charge in [0.15, 0.2) is 0 Å². The minimum Gasteiger partial charge on any atom is -0.478 e. The summed E-state index contributed by atoms with van der Waals surface area (Å²) < 4.78 is 18.6. The second kappa shape index (κ2) is 17.2. The first-order valence-corrected chi connectivity index (χ1v) is 7.17. The van der Waals surface area contributed by atoms with Crippen LogP contribution < -0.4 is 0 Å². The first kappa shape index (κ1) is 25.1. The molecule has 6 N–H and O–H groups in total. The van der Waals surface area contributed by atoms with Gasteiger partial charge in [-0.1, -0.05) is 6.58 Å². The van der Waals surface area contributed by atoms with Gasteiger partial charge < -0.3 is 39.5 Å². The lowest BCUT2D eigenvalue weighted by molar-refractivity contribution is -0.132. The zero-order chi connectivity index (χ0) is 17.3. The molecule has 0 saturated carbocycles. The first-order chi connectivity index (χ1) is 9.56. The molecule has 11 heteroatoms. The molecule has 0 atom stereocenters. The molecule has 0 radical (unpaired) electrons. The third-order valence-corrected chi connectivity index (χ3v) is 1.21.